The summed E-state index contributed by atoms with van der Waals surface area (Å²) in [7, 11) is 3.08. The van der Waals surface area contributed by atoms with Crippen LogP contribution in [0.5, 0.6) is 0 Å². The van der Waals surface area contributed by atoms with Crippen molar-refractivity contribution in [3.63, 3.8) is 0 Å². The summed E-state index contributed by atoms with van der Waals surface area (Å²) in [6, 6.07) is -1.35. The average molecular weight is 1280 g/mol. The maximum absolute atomic E-state index is 13.4. The van der Waals surface area contributed by atoms with E-state index in [9.17, 15) is 48.3 Å². The standard InChI is InChI=1S/C62H105N17O10S/c1-45(80)56-58(88)78(42-53(85)73(56)3)40-49(81)64-29-21-14-10-6-4-8-12-16-26-50(82)74-32-36-76(37-33-74)60-69-59(66-31-23-19-25-48-55-46(44-90-48)67-62(89)68-55)70-61(71-60)77-38-34-75(35-39-77)51(83)27-17-13-9-5-7-11-15-22-30-65-57(87)47(24-18-20-28-63)79-43-52(84)72(2)41-54(79)86/h45-48,55-56,80H,4-44,63H2,1-3H3,(H,64,81)(H,65,87)(H2,67,68,89)(H,66,69,70,71)/t45-,46+,47+,48+,55+,56+/m1/s1. The Kier molecular flexibility index (Phi) is 29.5. The zero-order valence-electron chi connectivity index (χ0n) is 54.0. The number of carbonyl (C=O) groups excluding carboxylic acids is 9. The summed E-state index contributed by atoms with van der Waals surface area (Å²) >= 11 is 1.92. The molecule has 0 aromatic carbocycles. The molecular formula is C62H105N17O10S. The van der Waals surface area contributed by atoms with E-state index in [0.717, 1.165) is 134 Å². The fraction of sp³-hybridized carbons (Fsp3) is 0.806. The van der Waals surface area contributed by atoms with E-state index in [1.165, 1.54) is 33.6 Å². The van der Waals surface area contributed by atoms with Gasteiger partial charge in [0.1, 0.15) is 31.7 Å². The number of nitrogens with zero attached hydrogens (tertiary/aromatic N) is 11. The first kappa shape index (κ1) is 71.2. The smallest absolute Gasteiger partial charge is 0.315 e. The van der Waals surface area contributed by atoms with Gasteiger partial charge >= 0.3 is 6.03 Å². The molecule has 6 saturated heterocycles. The number of hydrogen-bond acceptors (Lipinski definition) is 18. The number of likely N-dealkylation sites (N-methyl/N-ethyl adjacent to an activating group) is 2. The highest BCUT2D eigenvalue weighted by molar-refractivity contribution is 8.00. The Bertz CT molecular complexity index is 2520. The number of aromatic nitrogens is 3. The third kappa shape index (κ3) is 22.0. The predicted octanol–water partition coefficient (Wildman–Crippen LogP) is 2.02. The maximum Gasteiger partial charge on any atom is 0.315 e. The van der Waals surface area contributed by atoms with Crippen LogP contribution in [-0.4, -0.2) is 263 Å². The first-order valence-electron chi connectivity index (χ1n) is 33.8. The number of amides is 10. The van der Waals surface area contributed by atoms with Gasteiger partial charge in [-0.1, -0.05) is 83.5 Å². The number of aliphatic hydroxyl groups excluding tert-OH is 1. The lowest BCUT2D eigenvalue weighted by Crippen LogP contribution is -2.63. The van der Waals surface area contributed by atoms with Crippen LogP contribution in [0.25, 0.3) is 0 Å². The molecule has 28 heteroatoms. The molecule has 7 rings (SSSR count). The van der Waals surface area contributed by atoms with E-state index in [4.69, 9.17) is 20.7 Å². The molecule has 504 valence electrons. The lowest BCUT2D eigenvalue weighted by Gasteiger charge is -2.39. The topological polar surface area (TPSA) is 325 Å². The Balaban J connectivity index is 0.759. The molecule has 6 fully saturated rings. The molecule has 0 saturated carbocycles. The highest BCUT2D eigenvalue weighted by atomic mass is 32.2. The molecule has 1 aromatic heterocycles. The summed E-state index contributed by atoms with van der Waals surface area (Å²) in [5, 5.41) is 25.8. The number of piperazine rings is 4. The van der Waals surface area contributed by atoms with E-state index in [1.54, 1.807) is 7.05 Å². The largest absolute Gasteiger partial charge is 0.391 e. The SMILES string of the molecule is C[C@@H](O)[C@H]1C(=O)N(CC(=O)NCCCCCCCCCCC(=O)N2CCN(c3nc(NCCCC[C@@H]4SC[C@@H]5NC(=O)N[C@@H]54)nc(N4CCN(C(=O)CCCCCCCCCCNC(=O)[C@H](CCCCN)N5CC(=O)N(C)CC5=O)CC4)n3)CC2)CC(=O)N1C. The fourth-order valence-electron chi connectivity index (χ4n) is 12.8. The summed E-state index contributed by atoms with van der Waals surface area (Å²) < 4.78 is 0. The zero-order chi connectivity index (χ0) is 64.4. The number of rotatable bonds is 39. The van der Waals surface area contributed by atoms with Crippen LogP contribution < -0.4 is 42.1 Å². The fourth-order valence-corrected chi connectivity index (χ4v) is 14.4. The number of thioether (sulfide) groups is 1. The first-order valence-corrected chi connectivity index (χ1v) is 34.8. The molecule has 27 nitrogen and oxygen atoms in total. The van der Waals surface area contributed by atoms with Crippen molar-refractivity contribution in [2.45, 2.75) is 197 Å². The molecule has 10 amide bonds. The van der Waals surface area contributed by atoms with Gasteiger partial charge in [0.15, 0.2) is 0 Å². The van der Waals surface area contributed by atoms with E-state index in [1.807, 2.05) is 21.6 Å². The zero-order valence-corrected chi connectivity index (χ0v) is 54.8. The van der Waals surface area contributed by atoms with Crippen molar-refractivity contribution in [3.8, 4) is 0 Å². The number of unbranched alkanes of at least 4 members (excludes halogenated alkanes) is 16. The van der Waals surface area contributed by atoms with Crippen LogP contribution >= 0.6 is 11.8 Å². The molecule has 90 heavy (non-hydrogen) atoms. The summed E-state index contributed by atoms with van der Waals surface area (Å²) in [6.07, 6.45) is 20.6. The van der Waals surface area contributed by atoms with Crippen LogP contribution in [0.3, 0.4) is 0 Å². The van der Waals surface area contributed by atoms with Crippen LogP contribution in [0.4, 0.5) is 22.6 Å². The van der Waals surface area contributed by atoms with Crippen molar-refractivity contribution < 1.29 is 48.3 Å². The number of urea groups is 1. The molecule has 1 aromatic rings. The molecule has 7 heterocycles. The minimum Gasteiger partial charge on any atom is -0.391 e. The lowest BCUT2D eigenvalue weighted by molar-refractivity contribution is -0.159. The number of anilines is 3. The van der Waals surface area contributed by atoms with Gasteiger partial charge in [-0.3, -0.25) is 38.4 Å². The third-order valence-corrected chi connectivity index (χ3v) is 19.9. The van der Waals surface area contributed by atoms with Gasteiger partial charge in [0.2, 0.25) is 65.1 Å². The van der Waals surface area contributed by atoms with Crippen molar-refractivity contribution in [3.05, 3.63) is 0 Å². The quantitative estimate of drug-likeness (QED) is 0.0366. The molecule has 0 unspecified atom stereocenters. The lowest BCUT2D eigenvalue weighted by atomic mass is 10.0. The number of nitrogens with two attached hydrogens (primary N) is 1. The minimum absolute atomic E-state index is 0.0162. The Hall–Kier alpha value is -6.29. The summed E-state index contributed by atoms with van der Waals surface area (Å²) in [5.41, 5.74) is 5.68. The molecule has 0 aliphatic carbocycles. The second-order valence-corrected chi connectivity index (χ2v) is 26.6. The Morgan fingerprint density at radius 3 is 1.73 bits per heavy atom. The van der Waals surface area contributed by atoms with Crippen molar-refractivity contribution in [2.24, 2.45) is 5.73 Å². The second kappa shape index (κ2) is 37.3. The van der Waals surface area contributed by atoms with E-state index < -0.39 is 24.1 Å². The van der Waals surface area contributed by atoms with Crippen LogP contribution in [0.2, 0.25) is 0 Å². The number of nitrogens with one attached hydrogen (secondary N) is 5. The van der Waals surface area contributed by atoms with Crippen LogP contribution in [-0.2, 0) is 38.4 Å². The summed E-state index contributed by atoms with van der Waals surface area (Å²) in [6.45, 7) is 7.89. The molecule has 0 radical (unpaired) electrons. The van der Waals surface area contributed by atoms with Gasteiger partial charge < -0.3 is 76.6 Å². The van der Waals surface area contributed by atoms with Gasteiger partial charge in [-0.2, -0.15) is 26.7 Å². The van der Waals surface area contributed by atoms with Gasteiger partial charge in [-0.25, -0.2) is 4.79 Å². The van der Waals surface area contributed by atoms with E-state index >= 15 is 0 Å². The molecule has 0 bridgehead atoms. The second-order valence-electron chi connectivity index (χ2n) is 25.3. The molecule has 6 aliphatic heterocycles. The van der Waals surface area contributed by atoms with Crippen molar-refractivity contribution in [1.29, 1.82) is 0 Å². The van der Waals surface area contributed by atoms with Crippen LogP contribution in [0.1, 0.15) is 161 Å². The third-order valence-electron chi connectivity index (χ3n) is 18.4. The van der Waals surface area contributed by atoms with Gasteiger partial charge in [0, 0.05) is 110 Å². The Labute approximate surface area is 536 Å². The van der Waals surface area contributed by atoms with E-state index in [0.29, 0.717) is 127 Å². The van der Waals surface area contributed by atoms with Crippen molar-refractivity contribution in [2.75, 3.05) is 140 Å². The summed E-state index contributed by atoms with van der Waals surface area (Å²) in [5.74, 6) is 1.28. The number of aliphatic hydroxyl groups is 1. The average Bonchev–Trinajstić information content (AvgIpc) is 1.59. The van der Waals surface area contributed by atoms with Crippen molar-refractivity contribution >= 4 is 82.9 Å². The van der Waals surface area contributed by atoms with Crippen LogP contribution in [0, 0.1) is 0 Å². The van der Waals surface area contributed by atoms with Gasteiger partial charge in [0.05, 0.1) is 24.7 Å². The van der Waals surface area contributed by atoms with Gasteiger partial charge in [-0.05, 0) is 71.3 Å². The van der Waals surface area contributed by atoms with Crippen molar-refractivity contribution in [1.82, 2.24) is 65.6 Å². The Morgan fingerprint density at radius 2 is 1.17 bits per heavy atom. The first-order chi connectivity index (χ1) is 43.5. The molecule has 8 N–H and O–H groups in total. The monoisotopic (exact) mass is 1280 g/mol. The predicted molar refractivity (Wildman–Crippen MR) is 345 cm³/mol. The van der Waals surface area contributed by atoms with Gasteiger partial charge in [-0.15, -0.1) is 0 Å². The normalized spacial score (nSPS) is 21.2. The van der Waals surface area contributed by atoms with E-state index in [-0.39, 0.29) is 85.6 Å². The molecular weight excluding hydrogens is 1170 g/mol. The minimum atomic E-state index is -1.03. The van der Waals surface area contributed by atoms with Crippen LogP contribution in [0.15, 0.2) is 0 Å². The van der Waals surface area contributed by atoms with Gasteiger partial charge in [0.25, 0.3) is 0 Å². The van der Waals surface area contributed by atoms with E-state index in [2.05, 4.69) is 36.4 Å². The highest BCUT2D eigenvalue weighted by Gasteiger charge is 2.43. The Morgan fingerprint density at radius 1 is 0.622 bits per heavy atom. The maximum atomic E-state index is 13.4. The number of fused-ring (bicyclic) bond motifs is 1. The number of carbonyl (C=O) groups is 9. The number of hydrogen-bond donors (Lipinski definition) is 7. The molecule has 6 atom stereocenters. The highest BCUT2D eigenvalue weighted by Crippen LogP contribution is 2.33. The molecule has 0 spiro atoms. The summed E-state index contributed by atoms with van der Waals surface area (Å²) in [4.78, 5) is 143. The molecule has 6 aliphatic rings.